The molecule has 11 rings (SSSR count). The Morgan fingerprint density at radius 3 is 1.58 bits per heavy atom. The Hall–Kier alpha value is -6.52. The number of benzene rings is 8. The van der Waals surface area contributed by atoms with Crippen molar-refractivity contribution in [1.29, 1.82) is 0 Å². The van der Waals surface area contributed by atoms with Gasteiger partial charge in [-0.2, -0.15) is 0 Å². The standard InChI is InChI=1S/C58H53BN2O/c1-56(2,3)39-24-29-47-49(32-39)60(42-26-22-37(23-27-42)44-18-14-19-46-45-17-12-13-20-53(45)62-55(44)46)51-34-41(58(7,8)9)35-52-54(51)59(47)48-30-25-40(57(4,5)6)33-50(48)61(52)43-28-21-36-15-10-11-16-38(36)31-43/h10-35H,1-9H3. The van der Waals surface area contributed by atoms with E-state index < -0.39 is 0 Å². The molecule has 3 heterocycles. The minimum Gasteiger partial charge on any atom is -0.455 e. The highest BCUT2D eigenvalue weighted by atomic mass is 16.3. The van der Waals surface area contributed by atoms with Gasteiger partial charge >= 0.3 is 0 Å². The second-order valence-corrected chi connectivity index (χ2v) is 20.7. The normalized spacial score (nSPS) is 13.8. The average molecular weight is 805 g/mol. The Balaban J connectivity index is 1.18. The molecule has 4 heteroatoms. The molecule has 0 fully saturated rings. The lowest BCUT2D eigenvalue weighted by atomic mass is 9.33. The fraction of sp³-hybridized carbons (Fsp3) is 0.207. The van der Waals surface area contributed by atoms with Gasteiger partial charge in [-0.1, -0.05) is 165 Å². The van der Waals surface area contributed by atoms with Crippen LogP contribution in [0, 0.1) is 0 Å². The van der Waals surface area contributed by atoms with Gasteiger partial charge in [0.1, 0.15) is 11.2 Å². The number of nitrogens with zero attached hydrogens (tertiary/aromatic N) is 2. The zero-order chi connectivity index (χ0) is 42.9. The highest BCUT2D eigenvalue weighted by molar-refractivity contribution is 7.00. The van der Waals surface area contributed by atoms with Crippen molar-refractivity contribution >= 4 is 89.9 Å². The van der Waals surface area contributed by atoms with Crippen LogP contribution in [-0.2, 0) is 16.2 Å². The van der Waals surface area contributed by atoms with Crippen LogP contribution in [0.4, 0.5) is 34.1 Å². The molecule has 0 bridgehead atoms. The second-order valence-electron chi connectivity index (χ2n) is 20.7. The quantitative estimate of drug-likeness (QED) is 0.166. The summed E-state index contributed by atoms with van der Waals surface area (Å²) in [5, 5.41) is 4.77. The molecule has 0 radical (unpaired) electrons. The largest absolute Gasteiger partial charge is 0.455 e. The first-order valence-electron chi connectivity index (χ1n) is 22.2. The average Bonchev–Trinajstić information content (AvgIpc) is 3.64. The third kappa shape index (κ3) is 6.02. The first kappa shape index (κ1) is 38.4. The topological polar surface area (TPSA) is 19.6 Å². The van der Waals surface area contributed by atoms with Gasteiger partial charge in [0, 0.05) is 50.5 Å². The third-order valence-corrected chi connectivity index (χ3v) is 13.5. The zero-order valence-electron chi connectivity index (χ0n) is 37.4. The van der Waals surface area contributed by atoms with E-state index >= 15 is 0 Å². The lowest BCUT2D eigenvalue weighted by molar-refractivity contribution is 0.590. The van der Waals surface area contributed by atoms with Gasteiger partial charge in [0.2, 0.25) is 0 Å². The van der Waals surface area contributed by atoms with Crippen molar-refractivity contribution in [2.24, 2.45) is 0 Å². The van der Waals surface area contributed by atoms with Crippen LogP contribution in [0.25, 0.3) is 43.8 Å². The molecule has 0 saturated carbocycles. The molecule has 3 nitrogen and oxygen atoms in total. The summed E-state index contributed by atoms with van der Waals surface area (Å²) in [5.41, 5.74) is 19.2. The van der Waals surface area contributed by atoms with Crippen molar-refractivity contribution in [3.63, 3.8) is 0 Å². The lowest BCUT2D eigenvalue weighted by Gasteiger charge is -2.45. The molecule has 0 unspecified atom stereocenters. The molecule has 0 N–H and O–H groups in total. The van der Waals surface area contributed by atoms with Gasteiger partial charge in [-0.05, 0) is 120 Å². The molecule has 1 aromatic heterocycles. The molecule has 0 amide bonds. The highest BCUT2D eigenvalue weighted by Gasteiger charge is 2.44. The van der Waals surface area contributed by atoms with Crippen molar-refractivity contribution in [2.75, 3.05) is 9.80 Å². The highest BCUT2D eigenvalue weighted by Crippen LogP contribution is 2.48. The predicted molar refractivity (Wildman–Crippen MR) is 267 cm³/mol. The summed E-state index contributed by atoms with van der Waals surface area (Å²) in [6.07, 6.45) is 0. The van der Waals surface area contributed by atoms with Crippen LogP contribution in [0.15, 0.2) is 162 Å². The Morgan fingerprint density at radius 2 is 0.952 bits per heavy atom. The first-order chi connectivity index (χ1) is 29.6. The number of anilines is 6. The van der Waals surface area contributed by atoms with Crippen molar-refractivity contribution in [3.8, 4) is 11.1 Å². The molecular formula is C58H53BN2O. The molecule has 0 aliphatic carbocycles. The maximum absolute atomic E-state index is 6.52. The van der Waals surface area contributed by atoms with Crippen molar-refractivity contribution in [1.82, 2.24) is 0 Å². The molecule has 304 valence electrons. The van der Waals surface area contributed by atoms with Crippen LogP contribution in [0.2, 0.25) is 0 Å². The number of fused-ring (bicyclic) bond motifs is 8. The lowest BCUT2D eigenvalue weighted by Crippen LogP contribution is -2.61. The Kier molecular flexibility index (Phi) is 8.36. The van der Waals surface area contributed by atoms with E-state index in [0.29, 0.717) is 0 Å². The van der Waals surface area contributed by atoms with Crippen molar-refractivity contribution in [2.45, 2.75) is 78.6 Å². The van der Waals surface area contributed by atoms with Gasteiger partial charge in [0.15, 0.2) is 0 Å². The molecule has 2 aliphatic rings. The Labute approximate surface area is 366 Å². The summed E-state index contributed by atoms with van der Waals surface area (Å²) in [6.45, 7) is 21.0. The minimum absolute atomic E-state index is 0.0201. The van der Waals surface area contributed by atoms with Gasteiger partial charge in [0.25, 0.3) is 6.71 Å². The fourth-order valence-corrected chi connectivity index (χ4v) is 9.99. The van der Waals surface area contributed by atoms with E-state index in [4.69, 9.17) is 4.42 Å². The Bertz CT molecular complexity index is 3260. The summed E-state index contributed by atoms with van der Waals surface area (Å²) in [5.74, 6) is 0. The third-order valence-electron chi connectivity index (χ3n) is 13.5. The molecular weight excluding hydrogens is 751 g/mol. The fourth-order valence-electron chi connectivity index (χ4n) is 9.99. The maximum Gasteiger partial charge on any atom is 0.252 e. The summed E-state index contributed by atoms with van der Waals surface area (Å²) >= 11 is 0. The van der Waals surface area contributed by atoms with E-state index in [1.165, 1.54) is 72.3 Å². The minimum atomic E-state index is -0.113. The van der Waals surface area contributed by atoms with Gasteiger partial charge in [0.05, 0.1) is 0 Å². The molecule has 8 aromatic carbocycles. The smallest absolute Gasteiger partial charge is 0.252 e. The summed E-state index contributed by atoms with van der Waals surface area (Å²) < 4.78 is 6.52. The van der Waals surface area contributed by atoms with E-state index in [-0.39, 0.29) is 23.0 Å². The van der Waals surface area contributed by atoms with Gasteiger partial charge in [-0.25, -0.2) is 0 Å². The summed E-state index contributed by atoms with van der Waals surface area (Å²) in [4.78, 5) is 5.14. The molecule has 2 aliphatic heterocycles. The van der Waals surface area contributed by atoms with E-state index in [9.17, 15) is 0 Å². The summed E-state index contributed by atoms with van der Waals surface area (Å²) in [6, 6.07) is 59.3. The SMILES string of the molecule is CC(C)(C)c1ccc2c(c1)N(c1ccc(-c3cccc4c3oc3ccccc34)cc1)c1cc(C(C)(C)C)cc3c1B2c1ccc(C(C)(C)C)cc1N3c1ccc2ccccc2c1. The van der Waals surface area contributed by atoms with E-state index in [1.807, 2.05) is 6.07 Å². The van der Waals surface area contributed by atoms with Crippen molar-refractivity contribution in [3.05, 3.63) is 174 Å². The first-order valence-corrected chi connectivity index (χ1v) is 22.2. The van der Waals surface area contributed by atoms with Crippen LogP contribution in [0.1, 0.15) is 79.0 Å². The molecule has 0 atom stereocenters. The molecule has 62 heavy (non-hydrogen) atoms. The second kappa shape index (κ2) is 13.5. The Morgan fingerprint density at radius 1 is 0.419 bits per heavy atom. The number of hydrogen-bond donors (Lipinski definition) is 0. The van der Waals surface area contributed by atoms with Gasteiger partial charge in [-0.3, -0.25) is 0 Å². The van der Waals surface area contributed by atoms with Gasteiger partial charge in [-0.15, -0.1) is 0 Å². The number of furan rings is 1. The number of rotatable bonds is 3. The van der Waals surface area contributed by atoms with E-state index in [2.05, 4.69) is 224 Å². The summed E-state index contributed by atoms with van der Waals surface area (Å²) in [7, 11) is 0. The maximum atomic E-state index is 6.52. The number of para-hydroxylation sites is 2. The monoisotopic (exact) mass is 804 g/mol. The number of hydrogen-bond acceptors (Lipinski definition) is 3. The molecule has 0 saturated heterocycles. The van der Waals surface area contributed by atoms with Crippen LogP contribution in [0.5, 0.6) is 0 Å². The van der Waals surface area contributed by atoms with E-state index in [0.717, 1.165) is 38.8 Å². The van der Waals surface area contributed by atoms with Gasteiger partial charge < -0.3 is 14.2 Å². The molecule has 9 aromatic rings. The van der Waals surface area contributed by atoms with Crippen LogP contribution >= 0.6 is 0 Å². The van der Waals surface area contributed by atoms with E-state index in [1.54, 1.807) is 0 Å². The van der Waals surface area contributed by atoms with Crippen LogP contribution in [0.3, 0.4) is 0 Å². The van der Waals surface area contributed by atoms with Crippen LogP contribution in [-0.4, -0.2) is 6.71 Å². The molecule has 0 spiro atoms. The van der Waals surface area contributed by atoms with Crippen molar-refractivity contribution < 1.29 is 4.42 Å². The predicted octanol–water partition coefficient (Wildman–Crippen LogP) is 14.4. The zero-order valence-corrected chi connectivity index (χ0v) is 37.4. The van der Waals surface area contributed by atoms with Crippen LogP contribution < -0.4 is 26.2 Å².